The van der Waals surface area contributed by atoms with Crippen LogP contribution in [0.25, 0.3) is 10.2 Å². The largest absolute Gasteiger partial charge is 0.453 e. The molecule has 1 amide bonds. The molecule has 1 aliphatic heterocycles. The summed E-state index contributed by atoms with van der Waals surface area (Å²) in [5, 5.41) is 2.75. The van der Waals surface area contributed by atoms with Crippen LogP contribution in [0.4, 0.5) is 18.0 Å². The molecule has 9 nitrogen and oxygen atoms in total. The Morgan fingerprint density at radius 1 is 1.29 bits per heavy atom. The molecule has 1 N–H and O–H groups in total. The first-order chi connectivity index (χ1) is 14.6. The van der Waals surface area contributed by atoms with E-state index < -0.39 is 36.5 Å². The number of aryl methyl sites for hydroxylation is 2. The molecule has 0 radical (unpaired) electrons. The fraction of sp³-hybridized carbons (Fsp3) is 0.556. The minimum atomic E-state index is -4.44. The molecule has 31 heavy (non-hydrogen) atoms. The van der Waals surface area contributed by atoms with Crippen LogP contribution >= 0.6 is 11.3 Å². The molecule has 0 aromatic carbocycles. The Labute approximate surface area is 178 Å². The number of halogens is 3. The van der Waals surface area contributed by atoms with Crippen molar-refractivity contribution >= 4 is 33.6 Å². The number of carbonyl (C=O) groups is 1. The number of alkyl halides is 3. The maximum atomic E-state index is 12.9. The summed E-state index contributed by atoms with van der Waals surface area (Å²) in [6.45, 7) is 4.00. The van der Waals surface area contributed by atoms with Gasteiger partial charge in [-0.05, 0) is 19.4 Å². The van der Waals surface area contributed by atoms with E-state index in [1.54, 1.807) is 18.7 Å². The van der Waals surface area contributed by atoms with Gasteiger partial charge in [-0.15, -0.1) is 11.3 Å². The summed E-state index contributed by atoms with van der Waals surface area (Å²) >= 11 is 1.10. The minimum Gasteiger partial charge on any atom is -0.453 e. The number of hydrogen-bond acceptors (Lipinski definition) is 7. The monoisotopic (exact) mass is 461 g/mol. The summed E-state index contributed by atoms with van der Waals surface area (Å²) in [4.78, 5) is 44.0. The number of nitrogens with zero attached hydrogens (tertiary/aromatic N) is 4. The SMILES string of the molecule is CCn1c(=O)c2c(C)c(CN3CCN=C3NC(=O)OC)sc2n(CCC(F)(F)F)c1=O. The summed E-state index contributed by atoms with van der Waals surface area (Å²) in [6.07, 6.45) is -6.29. The second-order valence-electron chi connectivity index (χ2n) is 6.92. The Morgan fingerprint density at radius 3 is 2.61 bits per heavy atom. The number of guanidine groups is 1. The third-order valence-corrected chi connectivity index (χ3v) is 6.29. The first-order valence-corrected chi connectivity index (χ1v) is 10.4. The lowest BCUT2D eigenvalue weighted by Crippen LogP contribution is -2.41. The van der Waals surface area contributed by atoms with Gasteiger partial charge < -0.3 is 9.64 Å². The van der Waals surface area contributed by atoms with Crippen molar-refractivity contribution in [3.63, 3.8) is 0 Å². The lowest BCUT2D eigenvalue weighted by atomic mass is 10.2. The van der Waals surface area contributed by atoms with Gasteiger partial charge in [0, 0.05) is 24.5 Å². The number of rotatable bonds is 5. The number of fused-ring (bicyclic) bond motifs is 1. The standard InChI is InChI=1S/C18H22F3N5O4S/c1-4-25-13(27)12-10(2)11(9-24-8-6-22-15(24)23-16(28)30-3)31-14(12)26(17(25)29)7-5-18(19,20)21/h4-9H2,1-3H3,(H,22,23,28). The zero-order valence-corrected chi connectivity index (χ0v) is 18.0. The number of aromatic nitrogens is 2. The van der Waals surface area contributed by atoms with Crippen LogP contribution in [0.3, 0.4) is 0 Å². The summed E-state index contributed by atoms with van der Waals surface area (Å²) in [5.41, 5.74) is -0.682. The molecule has 0 fully saturated rings. The Balaban J connectivity index is 2.05. The average Bonchev–Trinajstić information content (AvgIpc) is 3.26. The molecule has 0 saturated heterocycles. The Hall–Kier alpha value is -2.83. The number of amides is 1. The Morgan fingerprint density at radius 2 is 2.00 bits per heavy atom. The van der Waals surface area contributed by atoms with Crippen LogP contribution in [0.15, 0.2) is 14.6 Å². The number of carbonyl (C=O) groups excluding carboxylic acids is 1. The molecule has 0 saturated carbocycles. The molecular formula is C18H22F3N5O4S. The molecule has 3 heterocycles. The number of nitrogens with one attached hydrogen (secondary N) is 1. The third kappa shape index (κ3) is 4.60. The molecule has 2 aromatic rings. The number of ether oxygens (including phenoxy) is 1. The number of aliphatic imine (C=N–C) groups is 1. The minimum absolute atomic E-state index is 0.0518. The second-order valence-corrected chi connectivity index (χ2v) is 8.01. The summed E-state index contributed by atoms with van der Waals surface area (Å²) < 4.78 is 45.0. The molecule has 1 aliphatic rings. The summed E-state index contributed by atoms with van der Waals surface area (Å²) in [5.74, 6) is 0.309. The zero-order chi connectivity index (χ0) is 22.9. The van der Waals surface area contributed by atoms with Crippen LogP contribution in [0, 0.1) is 6.92 Å². The Kier molecular flexibility index (Phi) is 6.43. The first kappa shape index (κ1) is 22.8. The van der Waals surface area contributed by atoms with E-state index in [0.717, 1.165) is 20.5 Å². The van der Waals surface area contributed by atoms with E-state index >= 15 is 0 Å². The lowest BCUT2D eigenvalue weighted by Gasteiger charge is -2.19. The predicted octanol–water partition coefficient (Wildman–Crippen LogP) is 2.03. The number of alkyl carbamates (subject to hydrolysis) is 1. The molecule has 2 aromatic heterocycles. The highest BCUT2D eigenvalue weighted by atomic mass is 32.1. The van der Waals surface area contributed by atoms with E-state index in [2.05, 4.69) is 15.0 Å². The van der Waals surface area contributed by atoms with Gasteiger partial charge in [-0.3, -0.25) is 24.2 Å². The van der Waals surface area contributed by atoms with E-state index in [1.807, 2.05) is 0 Å². The molecule has 0 aliphatic carbocycles. The predicted molar refractivity (Wildman–Crippen MR) is 110 cm³/mol. The maximum absolute atomic E-state index is 12.9. The normalized spacial score (nSPS) is 14.3. The van der Waals surface area contributed by atoms with Gasteiger partial charge >= 0.3 is 18.0 Å². The quantitative estimate of drug-likeness (QED) is 0.735. The lowest BCUT2D eigenvalue weighted by molar-refractivity contribution is -0.136. The third-order valence-electron chi connectivity index (χ3n) is 4.99. The molecule has 0 bridgehead atoms. The highest BCUT2D eigenvalue weighted by Crippen LogP contribution is 2.30. The van der Waals surface area contributed by atoms with Crippen LogP contribution in [0.5, 0.6) is 0 Å². The van der Waals surface area contributed by atoms with E-state index in [-0.39, 0.29) is 23.3 Å². The second kappa shape index (κ2) is 8.73. The van der Waals surface area contributed by atoms with Crippen molar-refractivity contribution in [2.24, 2.45) is 4.99 Å². The number of thiophene rings is 1. The van der Waals surface area contributed by atoms with Crippen LogP contribution < -0.4 is 16.6 Å². The molecule has 0 unspecified atom stereocenters. The van der Waals surface area contributed by atoms with Crippen molar-refractivity contribution in [1.29, 1.82) is 0 Å². The fourth-order valence-electron chi connectivity index (χ4n) is 3.38. The highest BCUT2D eigenvalue weighted by molar-refractivity contribution is 7.18. The van der Waals surface area contributed by atoms with Crippen molar-refractivity contribution in [2.45, 2.75) is 46.1 Å². The van der Waals surface area contributed by atoms with Gasteiger partial charge in [0.2, 0.25) is 5.96 Å². The molecule has 3 rings (SSSR count). The van der Waals surface area contributed by atoms with Crippen LogP contribution in [0.2, 0.25) is 0 Å². The highest BCUT2D eigenvalue weighted by Gasteiger charge is 2.29. The van der Waals surface area contributed by atoms with E-state index in [1.165, 1.54) is 7.11 Å². The summed E-state index contributed by atoms with van der Waals surface area (Å²) in [6, 6.07) is 0. The summed E-state index contributed by atoms with van der Waals surface area (Å²) in [7, 11) is 1.23. The van der Waals surface area contributed by atoms with Gasteiger partial charge in [0.05, 0.1) is 32.0 Å². The van der Waals surface area contributed by atoms with Gasteiger partial charge in [-0.2, -0.15) is 13.2 Å². The van der Waals surface area contributed by atoms with Crippen LogP contribution in [-0.4, -0.2) is 52.5 Å². The van der Waals surface area contributed by atoms with E-state index in [9.17, 15) is 27.6 Å². The van der Waals surface area contributed by atoms with Crippen molar-refractivity contribution in [3.8, 4) is 0 Å². The first-order valence-electron chi connectivity index (χ1n) is 9.54. The van der Waals surface area contributed by atoms with Crippen LogP contribution in [-0.2, 0) is 24.4 Å². The number of methoxy groups -OCH3 is 1. The molecular weight excluding hydrogens is 439 g/mol. The van der Waals surface area contributed by atoms with E-state index in [0.29, 0.717) is 29.5 Å². The van der Waals surface area contributed by atoms with E-state index in [4.69, 9.17) is 0 Å². The fourth-order valence-corrected chi connectivity index (χ4v) is 4.71. The smallest absolute Gasteiger partial charge is 0.413 e. The molecule has 170 valence electrons. The topological polar surface area (TPSA) is 97.9 Å². The van der Waals surface area contributed by atoms with Crippen molar-refractivity contribution < 1.29 is 22.7 Å². The molecule has 0 atom stereocenters. The van der Waals surface area contributed by atoms with Crippen LogP contribution in [0.1, 0.15) is 23.8 Å². The van der Waals surface area contributed by atoms with Crippen molar-refractivity contribution in [3.05, 3.63) is 31.3 Å². The van der Waals surface area contributed by atoms with Gasteiger partial charge in [0.25, 0.3) is 5.56 Å². The van der Waals surface area contributed by atoms with Gasteiger partial charge in [-0.1, -0.05) is 0 Å². The van der Waals surface area contributed by atoms with Gasteiger partial charge in [0.15, 0.2) is 0 Å². The van der Waals surface area contributed by atoms with Crippen molar-refractivity contribution in [2.75, 3.05) is 20.2 Å². The van der Waals surface area contributed by atoms with Crippen molar-refractivity contribution in [1.82, 2.24) is 19.4 Å². The molecule has 0 spiro atoms. The zero-order valence-electron chi connectivity index (χ0n) is 17.2. The molecule has 13 heteroatoms. The Bertz CT molecular complexity index is 1150. The number of hydrogen-bond donors (Lipinski definition) is 1. The maximum Gasteiger partial charge on any atom is 0.413 e. The average molecular weight is 461 g/mol. The van der Waals surface area contributed by atoms with Gasteiger partial charge in [0.1, 0.15) is 4.83 Å². The van der Waals surface area contributed by atoms with Gasteiger partial charge in [-0.25, -0.2) is 9.59 Å².